The number of hydrogen-bond donors (Lipinski definition) is 2. The normalized spacial score (nSPS) is 18.1. The smallest absolute Gasteiger partial charge is 0.407 e. The second kappa shape index (κ2) is 9.48. The molecule has 0 aromatic carbocycles. The Morgan fingerprint density at radius 2 is 2.00 bits per heavy atom. The maximum Gasteiger partial charge on any atom is 0.407 e. The van der Waals surface area contributed by atoms with Crippen LogP contribution in [0.25, 0.3) is 0 Å². The Bertz CT molecular complexity index is 485. The van der Waals surface area contributed by atoms with E-state index in [0.29, 0.717) is 19.5 Å². The number of carbonyl (C=O) groups is 2. The number of ether oxygens (including phenoxy) is 1. The number of carbonyl (C=O) groups excluding carboxylic acids is 2. The largest absolute Gasteiger partial charge is 0.444 e. The van der Waals surface area contributed by atoms with Crippen molar-refractivity contribution in [1.82, 2.24) is 20.4 Å². The van der Waals surface area contributed by atoms with Crippen LogP contribution in [0, 0.1) is 0 Å². The highest BCUT2D eigenvalue weighted by atomic mass is 16.6. The van der Waals surface area contributed by atoms with Gasteiger partial charge in [0.15, 0.2) is 5.96 Å². The SMILES string of the molecule is CCNC(=NCCC(=O)N(C)C)N1CCC(NC(=O)OC(C)(C)C)C1. The van der Waals surface area contributed by atoms with Crippen molar-refractivity contribution in [2.75, 3.05) is 40.3 Å². The van der Waals surface area contributed by atoms with Gasteiger partial charge in [-0.3, -0.25) is 9.79 Å². The Morgan fingerprint density at radius 1 is 1.32 bits per heavy atom. The van der Waals surface area contributed by atoms with Crippen LogP contribution in [0.3, 0.4) is 0 Å². The van der Waals surface area contributed by atoms with Crippen molar-refractivity contribution in [1.29, 1.82) is 0 Å². The summed E-state index contributed by atoms with van der Waals surface area (Å²) in [6.45, 7) is 10.2. The molecule has 25 heavy (non-hydrogen) atoms. The number of aliphatic imine (C=N–C) groups is 1. The van der Waals surface area contributed by atoms with Crippen molar-refractivity contribution in [3.05, 3.63) is 0 Å². The Morgan fingerprint density at radius 3 is 2.56 bits per heavy atom. The zero-order valence-electron chi connectivity index (χ0n) is 16.4. The van der Waals surface area contributed by atoms with Crippen LogP contribution in [0.1, 0.15) is 40.5 Å². The first-order valence-electron chi connectivity index (χ1n) is 8.85. The molecule has 1 aliphatic rings. The molecule has 0 aromatic rings. The molecule has 144 valence electrons. The van der Waals surface area contributed by atoms with Gasteiger partial charge in [-0.05, 0) is 34.1 Å². The Balaban J connectivity index is 2.53. The van der Waals surface area contributed by atoms with Gasteiger partial charge in [0, 0.05) is 40.2 Å². The monoisotopic (exact) mass is 355 g/mol. The van der Waals surface area contributed by atoms with Gasteiger partial charge in [0.25, 0.3) is 0 Å². The summed E-state index contributed by atoms with van der Waals surface area (Å²) in [5.74, 6) is 0.841. The van der Waals surface area contributed by atoms with Gasteiger partial charge in [-0.1, -0.05) is 0 Å². The fraction of sp³-hybridized carbons (Fsp3) is 0.824. The molecule has 0 spiro atoms. The molecule has 1 rings (SSSR count). The van der Waals surface area contributed by atoms with Gasteiger partial charge in [-0.25, -0.2) is 4.79 Å². The van der Waals surface area contributed by atoms with Gasteiger partial charge in [0.05, 0.1) is 12.6 Å². The second-order valence-electron chi connectivity index (χ2n) is 7.35. The van der Waals surface area contributed by atoms with E-state index in [9.17, 15) is 9.59 Å². The zero-order valence-corrected chi connectivity index (χ0v) is 16.4. The summed E-state index contributed by atoms with van der Waals surface area (Å²) < 4.78 is 5.30. The Labute approximate surface area is 151 Å². The van der Waals surface area contributed by atoms with E-state index in [4.69, 9.17) is 4.74 Å². The van der Waals surface area contributed by atoms with Crippen LogP contribution in [-0.2, 0) is 9.53 Å². The lowest BCUT2D eigenvalue weighted by molar-refractivity contribution is -0.128. The van der Waals surface area contributed by atoms with E-state index in [2.05, 4.69) is 20.5 Å². The molecule has 0 aromatic heterocycles. The number of nitrogens with one attached hydrogen (secondary N) is 2. The van der Waals surface area contributed by atoms with E-state index in [1.54, 1.807) is 19.0 Å². The highest BCUT2D eigenvalue weighted by Gasteiger charge is 2.27. The van der Waals surface area contributed by atoms with Gasteiger partial charge < -0.3 is 25.2 Å². The predicted molar refractivity (Wildman–Crippen MR) is 98.6 cm³/mol. The average molecular weight is 355 g/mol. The lowest BCUT2D eigenvalue weighted by Gasteiger charge is -2.23. The first-order valence-corrected chi connectivity index (χ1v) is 8.85. The lowest BCUT2D eigenvalue weighted by Crippen LogP contribution is -2.44. The number of amides is 2. The first kappa shape index (κ1) is 21.1. The molecule has 8 nitrogen and oxygen atoms in total. The second-order valence-corrected chi connectivity index (χ2v) is 7.35. The number of likely N-dealkylation sites (tertiary alicyclic amines) is 1. The predicted octanol–water partition coefficient (Wildman–Crippen LogP) is 1.03. The van der Waals surface area contributed by atoms with Crippen molar-refractivity contribution >= 4 is 18.0 Å². The van der Waals surface area contributed by atoms with Gasteiger partial charge >= 0.3 is 6.09 Å². The van der Waals surface area contributed by atoms with Crippen LogP contribution in [0.4, 0.5) is 4.79 Å². The molecule has 1 aliphatic heterocycles. The highest BCUT2D eigenvalue weighted by Crippen LogP contribution is 2.12. The molecule has 0 saturated carbocycles. The van der Waals surface area contributed by atoms with Crippen LogP contribution in [0.5, 0.6) is 0 Å². The standard InChI is InChI=1S/C17H33N5O3/c1-7-18-15(19-10-8-14(23)21(5)6)22-11-9-13(12-22)20-16(24)25-17(2,3)4/h13H,7-12H2,1-6H3,(H,18,19)(H,20,24). The minimum absolute atomic E-state index is 0.0297. The van der Waals surface area contributed by atoms with E-state index >= 15 is 0 Å². The molecule has 1 heterocycles. The van der Waals surface area contributed by atoms with E-state index in [-0.39, 0.29) is 11.9 Å². The third-order valence-corrected chi connectivity index (χ3v) is 3.63. The zero-order chi connectivity index (χ0) is 19.0. The summed E-state index contributed by atoms with van der Waals surface area (Å²) in [6.07, 6.45) is 0.827. The summed E-state index contributed by atoms with van der Waals surface area (Å²) in [5.41, 5.74) is -0.502. The quantitative estimate of drug-likeness (QED) is 0.568. The van der Waals surface area contributed by atoms with Gasteiger partial charge in [-0.15, -0.1) is 0 Å². The number of guanidine groups is 1. The molecular formula is C17H33N5O3. The minimum atomic E-state index is -0.502. The summed E-state index contributed by atoms with van der Waals surface area (Å²) >= 11 is 0. The summed E-state index contributed by atoms with van der Waals surface area (Å²) in [6, 6.07) is 0.0297. The number of rotatable bonds is 5. The molecule has 8 heteroatoms. The topological polar surface area (TPSA) is 86.3 Å². The third-order valence-electron chi connectivity index (χ3n) is 3.63. The first-order chi connectivity index (χ1) is 11.6. The van der Waals surface area contributed by atoms with Gasteiger partial charge in [-0.2, -0.15) is 0 Å². The fourth-order valence-corrected chi connectivity index (χ4v) is 2.45. The molecule has 0 bridgehead atoms. The molecule has 0 aliphatic carbocycles. The van der Waals surface area contributed by atoms with Crippen molar-refractivity contribution in [2.45, 2.75) is 52.2 Å². The molecule has 1 fully saturated rings. The molecular weight excluding hydrogens is 322 g/mol. The van der Waals surface area contributed by atoms with Crippen LogP contribution in [-0.4, -0.2) is 79.7 Å². The Kier molecular flexibility index (Phi) is 7.99. The summed E-state index contributed by atoms with van der Waals surface area (Å²) in [7, 11) is 3.48. The minimum Gasteiger partial charge on any atom is -0.444 e. The highest BCUT2D eigenvalue weighted by molar-refractivity contribution is 5.81. The van der Waals surface area contributed by atoms with Gasteiger partial charge in [0.2, 0.25) is 5.91 Å². The van der Waals surface area contributed by atoms with Crippen molar-refractivity contribution < 1.29 is 14.3 Å². The molecule has 1 unspecified atom stereocenters. The van der Waals surface area contributed by atoms with Gasteiger partial charge in [0.1, 0.15) is 5.60 Å². The molecule has 1 atom stereocenters. The number of alkyl carbamates (subject to hydrolysis) is 1. The average Bonchev–Trinajstić information content (AvgIpc) is 2.92. The van der Waals surface area contributed by atoms with Crippen molar-refractivity contribution in [3.8, 4) is 0 Å². The van der Waals surface area contributed by atoms with Crippen molar-refractivity contribution in [2.24, 2.45) is 4.99 Å². The maximum atomic E-state index is 11.9. The summed E-state index contributed by atoms with van der Waals surface area (Å²) in [4.78, 5) is 31.7. The Hall–Kier alpha value is -1.99. The fourth-order valence-electron chi connectivity index (χ4n) is 2.45. The van der Waals surface area contributed by atoms with Crippen LogP contribution in [0.2, 0.25) is 0 Å². The molecule has 1 saturated heterocycles. The van der Waals surface area contributed by atoms with Crippen LogP contribution < -0.4 is 10.6 Å². The maximum absolute atomic E-state index is 11.9. The van der Waals surface area contributed by atoms with E-state index in [1.807, 2.05) is 27.7 Å². The van der Waals surface area contributed by atoms with E-state index in [1.165, 1.54) is 0 Å². The number of hydrogen-bond acceptors (Lipinski definition) is 4. The molecule has 2 N–H and O–H groups in total. The van der Waals surface area contributed by atoms with Crippen molar-refractivity contribution in [3.63, 3.8) is 0 Å². The summed E-state index contributed by atoms with van der Waals surface area (Å²) in [5, 5.41) is 6.15. The van der Waals surface area contributed by atoms with E-state index in [0.717, 1.165) is 25.5 Å². The lowest BCUT2D eigenvalue weighted by atomic mass is 10.2. The molecule has 2 amide bonds. The van der Waals surface area contributed by atoms with Crippen LogP contribution >= 0.6 is 0 Å². The number of nitrogens with zero attached hydrogens (tertiary/aromatic N) is 3. The third kappa shape index (κ3) is 8.09. The van der Waals surface area contributed by atoms with E-state index < -0.39 is 11.7 Å². The molecule has 0 radical (unpaired) electrons. The van der Waals surface area contributed by atoms with Crippen LogP contribution in [0.15, 0.2) is 4.99 Å².